The second-order valence-corrected chi connectivity index (χ2v) is 16.8. The monoisotopic (exact) mass is 645 g/mol. The van der Waals surface area contributed by atoms with Gasteiger partial charge in [-0.05, 0) is 138 Å². The Bertz CT molecular complexity index is 988. The van der Waals surface area contributed by atoms with Crippen molar-refractivity contribution in [2.24, 2.45) is 46.2 Å². The van der Waals surface area contributed by atoms with E-state index in [0.29, 0.717) is 23.7 Å². The standard InChI is InChI=1S/C39H72N4O3/c1-28(2)12-9-13-29(3)33-14-15-34-32-26-36(43-25-11-24-42-22-8-7-21-41-23-10-20-40)39(45)27-31(46-30(4)44)16-19-38(39,6)35(32)17-18-37(33,34)5/h26,28-29,31,33-36,41-43,45H,7-25,27,40H2,1-6H3/t29-,31?,33-,34+,35+,36?,37-,38-,39?/m1/s1. The van der Waals surface area contributed by atoms with E-state index < -0.39 is 5.60 Å². The minimum absolute atomic E-state index is 0.119. The van der Waals surface area contributed by atoms with Gasteiger partial charge >= 0.3 is 5.97 Å². The van der Waals surface area contributed by atoms with Crippen LogP contribution in [0.1, 0.15) is 131 Å². The van der Waals surface area contributed by atoms with E-state index in [9.17, 15) is 9.90 Å². The number of hydrogen-bond acceptors (Lipinski definition) is 7. The lowest BCUT2D eigenvalue weighted by Crippen LogP contribution is -2.68. The van der Waals surface area contributed by atoms with Gasteiger partial charge in [0.25, 0.3) is 0 Å². The molecule has 3 saturated carbocycles. The number of aliphatic hydroxyl groups is 1. The number of rotatable bonds is 19. The van der Waals surface area contributed by atoms with E-state index in [4.69, 9.17) is 10.5 Å². The Kier molecular flexibility index (Phi) is 14.1. The highest BCUT2D eigenvalue weighted by Gasteiger charge is 2.65. The van der Waals surface area contributed by atoms with Crippen molar-refractivity contribution in [1.29, 1.82) is 0 Å². The fourth-order valence-corrected chi connectivity index (χ4v) is 10.6. The molecule has 0 saturated heterocycles. The number of nitrogens with two attached hydrogens (primary N) is 1. The van der Waals surface area contributed by atoms with Crippen molar-refractivity contribution in [2.75, 3.05) is 39.3 Å². The first-order valence-electron chi connectivity index (χ1n) is 19.4. The normalized spacial score (nSPS) is 36.1. The van der Waals surface area contributed by atoms with E-state index in [1.54, 1.807) is 5.57 Å². The van der Waals surface area contributed by atoms with Gasteiger partial charge < -0.3 is 31.5 Å². The van der Waals surface area contributed by atoms with Gasteiger partial charge in [-0.1, -0.05) is 65.5 Å². The van der Waals surface area contributed by atoms with Crippen LogP contribution in [0.15, 0.2) is 11.6 Å². The first-order valence-corrected chi connectivity index (χ1v) is 19.4. The number of ether oxygens (including phenoxy) is 1. The summed E-state index contributed by atoms with van der Waals surface area (Å²) in [4.78, 5) is 12.0. The Morgan fingerprint density at radius 1 is 0.913 bits per heavy atom. The van der Waals surface area contributed by atoms with Crippen molar-refractivity contribution in [3.63, 3.8) is 0 Å². The molecule has 7 nitrogen and oxygen atoms in total. The van der Waals surface area contributed by atoms with Gasteiger partial charge in [-0.2, -0.15) is 0 Å². The molecule has 9 atom stereocenters. The summed E-state index contributed by atoms with van der Waals surface area (Å²) in [6.45, 7) is 19.4. The Balaban J connectivity index is 1.43. The molecule has 0 radical (unpaired) electrons. The molecule has 4 aliphatic rings. The summed E-state index contributed by atoms with van der Waals surface area (Å²) in [7, 11) is 0. The van der Waals surface area contributed by atoms with Crippen LogP contribution in [-0.4, -0.2) is 68.1 Å². The van der Waals surface area contributed by atoms with E-state index in [1.807, 2.05) is 0 Å². The zero-order chi connectivity index (χ0) is 33.4. The number of hydrogen-bond donors (Lipinski definition) is 5. The molecule has 0 aromatic carbocycles. The molecule has 46 heavy (non-hydrogen) atoms. The van der Waals surface area contributed by atoms with Crippen LogP contribution in [0.3, 0.4) is 0 Å². The van der Waals surface area contributed by atoms with Crippen LogP contribution < -0.4 is 21.7 Å². The molecule has 6 N–H and O–H groups in total. The van der Waals surface area contributed by atoms with Gasteiger partial charge in [-0.15, -0.1) is 0 Å². The zero-order valence-corrected chi connectivity index (χ0v) is 30.6. The number of nitrogens with one attached hydrogen (secondary N) is 3. The van der Waals surface area contributed by atoms with Gasteiger partial charge in [-0.25, -0.2) is 0 Å². The van der Waals surface area contributed by atoms with Crippen LogP contribution in [-0.2, 0) is 9.53 Å². The summed E-state index contributed by atoms with van der Waals surface area (Å²) in [5.41, 5.74) is 6.42. The van der Waals surface area contributed by atoms with Crippen molar-refractivity contribution in [3.05, 3.63) is 11.6 Å². The second-order valence-electron chi connectivity index (χ2n) is 16.8. The molecule has 3 fully saturated rings. The molecule has 7 heteroatoms. The maximum Gasteiger partial charge on any atom is 0.302 e. The average molecular weight is 645 g/mol. The fourth-order valence-electron chi connectivity index (χ4n) is 10.6. The van der Waals surface area contributed by atoms with E-state index in [0.717, 1.165) is 82.7 Å². The highest BCUT2D eigenvalue weighted by atomic mass is 16.5. The Hall–Kier alpha value is -0.990. The molecule has 4 rings (SSSR count). The van der Waals surface area contributed by atoms with E-state index in [1.165, 1.54) is 64.7 Å². The predicted octanol–water partition coefficient (Wildman–Crippen LogP) is 6.34. The number of allylic oxidation sites excluding steroid dienone is 1. The second kappa shape index (κ2) is 17.1. The van der Waals surface area contributed by atoms with Gasteiger partial charge in [0.2, 0.25) is 0 Å². The van der Waals surface area contributed by atoms with Crippen molar-refractivity contribution < 1.29 is 14.6 Å². The Labute approximate surface area is 282 Å². The highest BCUT2D eigenvalue weighted by Crippen LogP contribution is 2.67. The molecule has 0 aromatic heterocycles. The molecule has 0 amide bonds. The SMILES string of the molecule is CC(=O)OC1CC[C@]2(C)[C@H]3CC[C@]4(C)[C@@H]([C@H](C)CCCC(C)C)CC[C@H]4C3=CC(NCCCNCCCCNCCCN)C2(O)C1. The fraction of sp³-hybridized carbons (Fsp3) is 0.923. The summed E-state index contributed by atoms with van der Waals surface area (Å²) in [6.07, 6.45) is 18.1. The first kappa shape index (κ1) is 37.8. The maximum atomic E-state index is 12.8. The quantitative estimate of drug-likeness (QED) is 0.0635. The van der Waals surface area contributed by atoms with Crippen molar-refractivity contribution >= 4 is 5.97 Å². The van der Waals surface area contributed by atoms with E-state index >= 15 is 0 Å². The zero-order valence-electron chi connectivity index (χ0n) is 30.6. The van der Waals surface area contributed by atoms with Crippen molar-refractivity contribution in [3.8, 4) is 0 Å². The smallest absolute Gasteiger partial charge is 0.302 e. The van der Waals surface area contributed by atoms with Gasteiger partial charge in [0.05, 0.1) is 11.6 Å². The molecular weight excluding hydrogens is 572 g/mol. The van der Waals surface area contributed by atoms with Crippen LogP contribution in [0.4, 0.5) is 0 Å². The molecule has 0 bridgehead atoms. The summed E-state index contributed by atoms with van der Waals surface area (Å²) in [5.74, 6) is 3.14. The third-order valence-electron chi connectivity index (χ3n) is 13.2. The number of carbonyl (C=O) groups excluding carboxylic acids is 1. The lowest BCUT2D eigenvalue weighted by molar-refractivity contribution is -0.192. The summed E-state index contributed by atoms with van der Waals surface area (Å²) < 4.78 is 5.76. The van der Waals surface area contributed by atoms with Gasteiger partial charge in [-0.3, -0.25) is 4.79 Å². The molecule has 0 aromatic rings. The third kappa shape index (κ3) is 8.59. The number of esters is 1. The summed E-state index contributed by atoms with van der Waals surface area (Å²) in [6, 6.07) is -0.119. The lowest BCUT2D eigenvalue weighted by Gasteiger charge is -2.63. The molecule has 266 valence electrons. The average Bonchev–Trinajstić information content (AvgIpc) is 3.35. The van der Waals surface area contributed by atoms with Gasteiger partial charge in [0.1, 0.15) is 6.10 Å². The Morgan fingerprint density at radius 2 is 1.61 bits per heavy atom. The van der Waals surface area contributed by atoms with Crippen LogP contribution in [0.25, 0.3) is 0 Å². The minimum atomic E-state index is -0.931. The lowest BCUT2D eigenvalue weighted by atomic mass is 9.45. The van der Waals surface area contributed by atoms with Crippen LogP contribution in [0, 0.1) is 40.4 Å². The minimum Gasteiger partial charge on any atom is -0.462 e. The van der Waals surface area contributed by atoms with E-state index in [-0.39, 0.29) is 23.5 Å². The molecule has 0 spiro atoms. The highest BCUT2D eigenvalue weighted by molar-refractivity contribution is 5.66. The molecule has 0 aliphatic heterocycles. The van der Waals surface area contributed by atoms with Gasteiger partial charge in [0.15, 0.2) is 0 Å². The first-order chi connectivity index (χ1) is 22.0. The van der Waals surface area contributed by atoms with E-state index in [2.05, 4.69) is 56.6 Å². The molecular formula is C39H72N4O3. The summed E-state index contributed by atoms with van der Waals surface area (Å²) in [5, 5.41) is 23.7. The third-order valence-corrected chi connectivity index (χ3v) is 13.2. The Morgan fingerprint density at radius 3 is 2.28 bits per heavy atom. The summed E-state index contributed by atoms with van der Waals surface area (Å²) >= 11 is 0. The van der Waals surface area contributed by atoms with Crippen molar-refractivity contribution in [2.45, 2.75) is 149 Å². The number of carbonyl (C=O) groups is 1. The van der Waals surface area contributed by atoms with Crippen LogP contribution in [0.5, 0.6) is 0 Å². The van der Waals surface area contributed by atoms with Crippen LogP contribution in [0.2, 0.25) is 0 Å². The topological polar surface area (TPSA) is 109 Å². The number of fused-ring (bicyclic) bond motifs is 5. The largest absolute Gasteiger partial charge is 0.462 e. The number of unbranched alkanes of at least 4 members (excludes halogenated alkanes) is 1. The van der Waals surface area contributed by atoms with Crippen molar-refractivity contribution in [1.82, 2.24) is 16.0 Å². The molecule has 4 aliphatic carbocycles. The predicted molar refractivity (Wildman–Crippen MR) is 190 cm³/mol. The van der Waals surface area contributed by atoms with Crippen LogP contribution >= 0.6 is 0 Å². The molecule has 0 heterocycles. The van der Waals surface area contributed by atoms with Gasteiger partial charge in [0, 0.05) is 18.8 Å². The molecule has 3 unspecified atom stereocenters. The maximum absolute atomic E-state index is 12.8.